The normalized spacial score (nSPS) is 28.4. The van der Waals surface area contributed by atoms with E-state index in [4.69, 9.17) is 10.5 Å². The fourth-order valence-corrected chi connectivity index (χ4v) is 3.16. The zero-order valence-electron chi connectivity index (χ0n) is 11.7. The number of rotatable bonds is 3. The van der Waals surface area contributed by atoms with Gasteiger partial charge in [0.25, 0.3) is 0 Å². The zero-order chi connectivity index (χ0) is 13.1. The third-order valence-corrected chi connectivity index (χ3v) is 4.43. The highest BCUT2D eigenvalue weighted by molar-refractivity contribution is 5.37. The molecule has 0 bridgehead atoms. The van der Waals surface area contributed by atoms with Crippen molar-refractivity contribution in [2.75, 3.05) is 7.11 Å². The first-order valence-electron chi connectivity index (χ1n) is 7.02. The van der Waals surface area contributed by atoms with Gasteiger partial charge in [-0.05, 0) is 42.7 Å². The van der Waals surface area contributed by atoms with Crippen LogP contribution in [0.3, 0.4) is 0 Å². The molecule has 1 aromatic carbocycles. The van der Waals surface area contributed by atoms with Crippen LogP contribution in [0.15, 0.2) is 24.3 Å². The average Bonchev–Trinajstić information content (AvgIpc) is 2.39. The van der Waals surface area contributed by atoms with Crippen LogP contribution in [0.4, 0.5) is 0 Å². The van der Waals surface area contributed by atoms with E-state index in [0.29, 0.717) is 5.92 Å². The van der Waals surface area contributed by atoms with E-state index >= 15 is 0 Å². The largest absolute Gasteiger partial charge is 0.496 e. The van der Waals surface area contributed by atoms with Crippen molar-refractivity contribution in [1.29, 1.82) is 0 Å². The van der Waals surface area contributed by atoms with Gasteiger partial charge in [-0.15, -0.1) is 0 Å². The molecule has 0 amide bonds. The molecule has 3 atom stereocenters. The van der Waals surface area contributed by atoms with Crippen molar-refractivity contribution in [2.45, 2.75) is 45.1 Å². The van der Waals surface area contributed by atoms with Crippen LogP contribution in [-0.2, 0) is 0 Å². The maximum absolute atomic E-state index is 6.34. The minimum absolute atomic E-state index is 0.274. The van der Waals surface area contributed by atoms with Crippen LogP contribution < -0.4 is 10.5 Å². The van der Waals surface area contributed by atoms with Gasteiger partial charge < -0.3 is 10.5 Å². The van der Waals surface area contributed by atoms with E-state index in [9.17, 15) is 0 Å². The molecule has 0 heterocycles. The molecular formula is C16H25NO. The van der Waals surface area contributed by atoms with Gasteiger partial charge in [0, 0.05) is 12.0 Å². The highest BCUT2D eigenvalue weighted by Gasteiger charge is 2.32. The van der Waals surface area contributed by atoms with Gasteiger partial charge in [-0.25, -0.2) is 0 Å². The van der Waals surface area contributed by atoms with Gasteiger partial charge >= 0.3 is 0 Å². The first kappa shape index (κ1) is 13.4. The lowest BCUT2D eigenvalue weighted by atomic mass is 9.71. The molecular weight excluding hydrogens is 222 g/mol. The first-order valence-corrected chi connectivity index (χ1v) is 7.02. The molecule has 1 saturated carbocycles. The monoisotopic (exact) mass is 247 g/mol. The van der Waals surface area contributed by atoms with Gasteiger partial charge in [0.2, 0.25) is 0 Å². The number of hydrogen-bond donors (Lipinski definition) is 1. The molecule has 0 aliphatic heterocycles. The number of methoxy groups -OCH3 is 1. The molecule has 1 aromatic rings. The molecule has 3 unspecified atom stereocenters. The third-order valence-electron chi connectivity index (χ3n) is 4.43. The van der Waals surface area contributed by atoms with Crippen LogP contribution >= 0.6 is 0 Å². The quantitative estimate of drug-likeness (QED) is 0.886. The second-order valence-electron chi connectivity index (χ2n) is 5.83. The summed E-state index contributed by atoms with van der Waals surface area (Å²) < 4.78 is 5.49. The Balaban J connectivity index is 2.24. The van der Waals surface area contributed by atoms with Crippen LogP contribution in [-0.4, -0.2) is 13.2 Å². The van der Waals surface area contributed by atoms with E-state index in [0.717, 1.165) is 24.0 Å². The maximum Gasteiger partial charge on any atom is 0.122 e. The molecule has 0 spiro atoms. The summed E-state index contributed by atoms with van der Waals surface area (Å²) in [7, 11) is 1.74. The number of para-hydroxylation sites is 1. The summed E-state index contributed by atoms with van der Waals surface area (Å²) in [6.45, 7) is 4.64. The van der Waals surface area contributed by atoms with E-state index < -0.39 is 0 Å². The molecule has 1 aliphatic rings. The fourth-order valence-electron chi connectivity index (χ4n) is 3.16. The number of ether oxygens (including phenoxy) is 1. The first-order chi connectivity index (χ1) is 8.63. The predicted octanol–water partition coefficient (Wildman–Crippen LogP) is 3.56. The minimum atomic E-state index is 0.274. The average molecular weight is 247 g/mol. The van der Waals surface area contributed by atoms with E-state index in [1.54, 1.807) is 7.11 Å². The highest BCUT2D eigenvalue weighted by atomic mass is 16.5. The Morgan fingerprint density at radius 3 is 2.61 bits per heavy atom. The molecule has 1 fully saturated rings. The lowest BCUT2D eigenvalue weighted by Gasteiger charge is -2.36. The number of hydrogen-bond acceptors (Lipinski definition) is 2. The Bertz CT molecular complexity index is 388. The van der Waals surface area contributed by atoms with Crippen LogP contribution in [0.5, 0.6) is 5.75 Å². The summed E-state index contributed by atoms with van der Waals surface area (Å²) in [4.78, 5) is 0. The Labute approximate surface area is 111 Å². The molecule has 1 aliphatic carbocycles. The van der Waals surface area contributed by atoms with E-state index in [1.807, 2.05) is 12.1 Å². The van der Waals surface area contributed by atoms with Crippen LogP contribution in [0.2, 0.25) is 0 Å². The van der Waals surface area contributed by atoms with Crippen molar-refractivity contribution >= 4 is 0 Å². The molecule has 0 aromatic heterocycles. The SMILES string of the molecule is COc1ccccc1C1CC(C(C)C)CCC1N. The summed E-state index contributed by atoms with van der Waals surface area (Å²) in [5, 5.41) is 0. The fraction of sp³-hybridized carbons (Fsp3) is 0.625. The van der Waals surface area contributed by atoms with Gasteiger partial charge in [-0.3, -0.25) is 0 Å². The van der Waals surface area contributed by atoms with Gasteiger partial charge in [-0.2, -0.15) is 0 Å². The standard InChI is InChI=1S/C16H25NO/c1-11(2)12-8-9-15(17)14(10-12)13-6-4-5-7-16(13)18-3/h4-7,11-12,14-15H,8-10,17H2,1-3H3. The molecule has 0 saturated heterocycles. The molecule has 18 heavy (non-hydrogen) atoms. The predicted molar refractivity (Wildman–Crippen MR) is 75.9 cm³/mol. The summed E-state index contributed by atoms with van der Waals surface area (Å²) in [5.41, 5.74) is 7.63. The molecule has 2 heteroatoms. The Kier molecular flexibility index (Phi) is 4.28. The van der Waals surface area contributed by atoms with Crippen LogP contribution in [0.1, 0.15) is 44.6 Å². The zero-order valence-corrected chi connectivity index (χ0v) is 11.7. The second-order valence-corrected chi connectivity index (χ2v) is 5.83. The number of nitrogens with two attached hydrogens (primary N) is 1. The summed E-state index contributed by atoms with van der Waals surface area (Å²) in [5.74, 6) is 2.97. The van der Waals surface area contributed by atoms with Crippen LogP contribution in [0, 0.1) is 11.8 Å². The van der Waals surface area contributed by atoms with Crippen molar-refractivity contribution in [3.05, 3.63) is 29.8 Å². The smallest absolute Gasteiger partial charge is 0.122 e. The lowest BCUT2D eigenvalue weighted by molar-refractivity contribution is 0.229. The van der Waals surface area contributed by atoms with Gasteiger partial charge in [0.1, 0.15) is 5.75 Å². The van der Waals surface area contributed by atoms with E-state index in [2.05, 4.69) is 26.0 Å². The third kappa shape index (κ3) is 2.69. The van der Waals surface area contributed by atoms with Crippen molar-refractivity contribution < 1.29 is 4.74 Å². The molecule has 100 valence electrons. The van der Waals surface area contributed by atoms with Crippen molar-refractivity contribution in [3.8, 4) is 5.75 Å². The Morgan fingerprint density at radius 2 is 1.94 bits per heavy atom. The van der Waals surface area contributed by atoms with Gasteiger partial charge in [-0.1, -0.05) is 32.0 Å². The highest BCUT2D eigenvalue weighted by Crippen LogP contribution is 2.41. The van der Waals surface area contributed by atoms with Crippen molar-refractivity contribution in [3.63, 3.8) is 0 Å². The maximum atomic E-state index is 6.34. The minimum Gasteiger partial charge on any atom is -0.496 e. The summed E-state index contributed by atoms with van der Waals surface area (Å²) in [6, 6.07) is 8.60. The lowest BCUT2D eigenvalue weighted by Crippen LogP contribution is -2.36. The molecule has 2 rings (SSSR count). The Hall–Kier alpha value is -1.02. The van der Waals surface area contributed by atoms with Crippen molar-refractivity contribution in [1.82, 2.24) is 0 Å². The summed E-state index contributed by atoms with van der Waals surface area (Å²) >= 11 is 0. The second kappa shape index (κ2) is 5.75. The Morgan fingerprint density at radius 1 is 1.22 bits per heavy atom. The number of benzene rings is 1. The van der Waals surface area contributed by atoms with Crippen molar-refractivity contribution in [2.24, 2.45) is 17.6 Å². The summed E-state index contributed by atoms with van der Waals surface area (Å²) in [6.07, 6.45) is 3.59. The van der Waals surface area contributed by atoms with Gasteiger partial charge in [0.15, 0.2) is 0 Å². The van der Waals surface area contributed by atoms with E-state index in [-0.39, 0.29) is 6.04 Å². The molecule has 2 N–H and O–H groups in total. The molecule has 0 radical (unpaired) electrons. The van der Waals surface area contributed by atoms with Crippen LogP contribution in [0.25, 0.3) is 0 Å². The molecule has 2 nitrogen and oxygen atoms in total. The topological polar surface area (TPSA) is 35.2 Å². The van der Waals surface area contributed by atoms with Gasteiger partial charge in [0.05, 0.1) is 7.11 Å². The van der Waals surface area contributed by atoms with E-state index in [1.165, 1.54) is 18.4 Å².